The molecule has 1 amide bonds. The van der Waals surface area contributed by atoms with Crippen LogP contribution in [-0.2, 0) is 11.3 Å². The third-order valence-corrected chi connectivity index (χ3v) is 2.85. The number of rotatable bonds is 6. The van der Waals surface area contributed by atoms with Gasteiger partial charge in [0.15, 0.2) is 5.96 Å². The number of nitrogens with one attached hydrogen (secondary N) is 3. The zero-order valence-corrected chi connectivity index (χ0v) is 16.3. The monoisotopic (exact) mass is 474 g/mol. The molecule has 0 unspecified atom stereocenters. The van der Waals surface area contributed by atoms with Crippen LogP contribution in [0.4, 0.5) is 23.7 Å². The Balaban J connectivity index is 0.00000576. The van der Waals surface area contributed by atoms with E-state index in [2.05, 4.69) is 25.7 Å². The summed E-state index contributed by atoms with van der Waals surface area (Å²) >= 11 is 0. The molecule has 0 heterocycles. The zero-order valence-electron chi connectivity index (χ0n) is 13.9. The van der Waals surface area contributed by atoms with E-state index in [0.29, 0.717) is 24.7 Å². The fourth-order valence-corrected chi connectivity index (χ4v) is 1.70. The highest BCUT2D eigenvalue weighted by atomic mass is 127. The number of methoxy groups -OCH3 is 1. The number of aliphatic imine (C=N–C) groups is 1. The van der Waals surface area contributed by atoms with E-state index < -0.39 is 18.7 Å². The van der Waals surface area contributed by atoms with Crippen molar-refractivity contribution >= 4 is 41.7 Å². The van der Waals surface area contributed by atoms with Crippen LogP contribution in [0.1, 0.15) is 18.9 Å². The number of carbonyl (C=O) groups excluding carboxylic acids is 1. The molecule has 1 aromatic carbocycles. The molecule has 0 aliphatic rings. The Kier molecular flexibility index (Phi) is 11.0. The molecule has 3 N–H and O–H groups in total. The highest BCUT2D eigenvalue weighted by Crippen LogP contribution is 2.18. The predicted octanol–water partition coefficient (Wildman–Crippen LogP) is 3.49. The largest absolute Gasteiger partial charge is 0.453 e. The zero-order chi connectivity index (χ0) is 18.0. The van der Waals surface area contributed by atoms with E-state index in [9.17, 15) is 18.0 Å². The number of halogens is 4. The van der Waals surface area contributed by atoms with Crippen LogP contribution >= 0.6 is 24.0 Å². The molecule has 0 aromatic heterocycles. The first-order chi connectivity index (χ1) is 11.3. The molecule has 0 aliphatic carbocycles. The SMILES string of the molecule is CCNC(=NCc1ccc(NC(=O)OC)cc1)NCCC(F)(F)F.I. The van der Waals surface area contributed by atoms with Gasteiger partial charge < -0.3 is 15.4 Å². The maximum absolute atomic E-state index is 12.2. The van der Waals surface area contributed by atoms with Crippen LogP contribution in [0, 0.1) is 0 Å². The van der Waals surface area contributed by atoms with Crippen LogP contribution in [0.5, 0.6) is 0 Å². The average Bonchev–Trinajstić information content (AvgIpc) is 2.52. The fourth-order valence-electron chi connectivity index (χ4n) is 1.70. The molecule has 1 aromatic rings. The lowest BCUT2D eigenvalue weighted by atomic mass is 10.2. The van der Waals surface area contributed by atoms with Gasteiger partial charge in [0.2, 0.25) is 0 Å². The first kappa shape index (κ1) is 23.3. The fraction of sp³-hybridized carbons (Fsp3) is 0.467. The quantitative estimate of drug-likeness (QED) is 0.336. The molecule has 1 rings (SSSR count). The number of guanidine groups is 1. The standard InChI is InChI=1S/C15H21F3N4O2.HI/c1-3-19-13(20-9-8-15(16,17)18)21-10-11-4-6-12(7-5-11)22-14(23)24-2;/h4-7H,3,8-10H2,1-2H3,(H,22,23)(H2,19,20,21);1H. The van der Waals surface area contributed by atoms with E-state index in [0.717, 1.165) is 5.56 Å². The Morgan fingerprint density at radius 1 is 1.20 bits per heavy atom. The number of ether oxygens (including phenoxy) is 1. The van der Waals surface area contributed by atoms with Crippen LogP contribution in [0.3, 0.4) is 0 Å². The first-order valence-corrected chi connectivity index (χ1v) is 7.37. The summed E-state index contributed by atoms with van der Waals surface area (Å²) in [6, 6.07) is 6.89. The van der Waals surface area contributed by atoms with Crippen molar-refractivity contribution in [3.63, 3.8) is 0 Å². The summed E-state index contributed by atoms with van der Waals surface area (Å²) < 4.78 is 41.0. The maximum atomic E-state index is 12.2. The van der Waals surface area contributed by atoms with Crippen molar-refractivity contribution in [3.8, 4) is 0 Å². The maximum Gasteiger partial charge on any atom is 0.411 e. The lowest BCUT2D eigenvalue weighted by molar-refractivity contribution is -0.132. The van der Waals surface area contributed by atoms with Gasteiger partial charge in [0.05, 0.1) is 20.1 Å². The van der Waals surface area contributed by atoms with Gasteiger partial charge in [-0.05, 0) is 24.6 Å². The summed E-state index contributed by atoms with van der Waals surface area (Å²) in [6.07, 6.45) is -5.69. The average molecular weight is 474 g/mol. The number of carbonyl (C=O) groups is 1. The Bertz CT molecular complexity index is 551. The molecular formula is C15H22F3IN4O2. The molecule has 0 radical (unpaired) electrons. The van der Waals surface area contributed by atoms with Crippen LogP contribution in [0.15, 0.2) is 29.3 Å². The smallest absolute Gasteiger partial charge is 0.411 e. The number of nitrogens with zero attached hydrogens (tertiary/aromatic N) is 1. The molecule has 0 fully saturated rings. The van der Waals surface area contributed by atoms with Crippen LogP contribution < -0.4 is 16.0 Å². The van der Waals surface area contributed by atoms with Crippen LogP contribution in [0.2, 0.25) is 0 Å². The minimum atomic E-state index is -4.20. The third kappa shape index (κ3) is 10.7. The van der Waals surface area contributed by atoms with Gasteiger partial charge in [-0.25, -0.2) is 9.79 Å². The minimum Gasteiger partial charge on any atom is -0.453 e. The van der Waals surface area contributed by atoms with Crippen molar-refractivity contribution in [1.82, 2.24) is 10.6 Å². The van der Waals surface area contributed by atoms with Gasteiger partial charge in [0.1, 0.15) is 0 Å². The van der Waals surface area contributed by atoms with E-state index in [1.165, 1.54) is 7.11 Å². The molecule has 0 saturated carbocycles. The summed E-state index contributed by atoms with van der Waals surface area (Å²) in [4.78, 5) is 15.3. The van der Waals surface area contributed by atoms with Gasteiger partial charge in [-0.1, -0.05) is 12.1 Å². The van der Waals surface area contributed by atoms with Gasteiger partial charge in [-0.3, -0.25) is 5.32 Å². The Labute approximate surface area is 161 Å². The molecule has 6 nitrogen and oxygen atoms in total. The topological polar surface area (TPSA) is 74.8 Å². The molecule has 142 valence electrons. The Morgan fingerprint density at radius 3 is 2.36 bits per heavy atom. The van der Waals surface area contributed by atoms with Crippen LogP contribution in [0.25, 0.3) is 0 Å². The van der Waals surface area contributed by atoms with E-state index >= 15 is 0 Å². The van der Waals surface area contributed by atoms with E-state index in [1.54, 1.807) is 24.3 Å². The van der Waals surface area contributed by atoms with Crippen molar-refractivity contribution in [3.05, 3.63) is 29.8 Å². The van der Waals surface area contributed by atoms with Gasteiger partial charge in [0, 0.05) is 18.8 Å². The molecule has 0 saturated heterocycles. The van der Waals surface area contributed by atoms with Crippen LogP contribution in [-0.4, -0.2) is 38.4 Å². The Hall–Kier alpha value is -1.72. The first-order valence-electron chi connectivity index (χ1n) is 7.37. The lowest BCUT2D eigenvalue weighted by Crippen LogP contribution is -2.38. The van der Waals surface area contributed by atoms with Crippen molar-refractivity contribution in [2.75, 3.05) is 25.5 Å². The predicted molar refractivity (Wildman–Crippen MR) is 101 cm³/mol. The van der Waals surface area contributed by atoms with Gasteiger partial charge >= 0.3 is 12.3 Å². The summed E-state index contributed by atoms with van der Waals surface area (Å²) in [5, 5.41) is 8.04. The molecule has 0 atom stereocenters. The molecule has 10 heteroatoms. The van der Waals surface area contributed by atoms with Crippen molar-refractivity contribution in [2.24, 2.45) is 4.99 Å². The molecule has 0 spiro atoms. The van der Waals surface area contributed by atoms with Crippen molar-refractivity contribution in [1.29, 1.82) is 0 Å². The summed E-state index contributed by atoms with van der Waals surface area (Å²) in [7, 11) is 1.27. The number of benzene rings is 1. The molecule has 0 bridgehead atoms. The number of amides is 1. The number of hydrogen-bond donors (Lipinski definition) is 3. The molecular weight excluding hydrogens is 452 g/mol. The number of anilines is 1. The summed E-state index contributed by atoms with van der Waals surface area (Å²) in [6.45, 7) is 2.42. The van der Waals surface area contributed by atoms with Gasteiger partial charge in [-0.2, -0.15) is 13.2 Å². The van der Waals surface area contributed by atoms with Crippen molar-refractivity contribution in [2.45, 2.75) is 26.1 Å². The molecule has 0 aliphatic heterocycles. The highest BCUT2D eigenvalue weighted by Gasteiger charge is 2.26. The second-order valence-electron chi connectivity index (χ2n) is 4.80. The lowest BCUT2D eigenvalue weighted by Gasteiger charge is -2.12. The number of alkyl halides is 3. The second kappa shape index (κ2) is 11.8. The highest BCUT2D eigenvalue weighted by molar-refractivity contribution is 14.0. The van der Waals surface area contributed by atoms with Gasteiger partial charge in [-0.15, -0.1) is 24.0 Å². The van der Waals surface area contributed by atoms with Gasteiger partial charge in [0.25, 0.3) is 0 Å². The Morgan fingerprint density at radius 2 is 1.84 bits per heavy atom. The van der Waals surface area contributed by atoms with E-state index in [-0.39, 0.29) is 30.5 Å². The summed E-state index contributed by atoms with van der Waals surface area (Å²) in [5.41, 5.74) is 1.42. The van der Waals surface area contributed by atoms with E-state index in [4.69, 9.17) is 0 Å². The summed E-state index contributed by atoms with van der Waals surface area (Å²) in [5.74, 6) is 0.318. The minimum absolute atomic E-state index is 0. The molecule has 25 heavy (non-hydrogen) atoms. The van der Waals surface area contributed by atoms with Crippen molar-refractivity contribution < 1.29 is 22.7 Å². The van der Waals surface area contributed by atoms with E-state index in [1.807, 2.05) is 6.92 Å². The second-order valence-corrected chi connectivity index (χ2v) is 4.80. The number of hydrogen-bond acceptors (Lipinski definition) is 3. The third-order valence-electron chi connectivity index (χ3n) is 2.85. The normalized spacial score (nSPS) is 11.3.